The largest absolute Gasteiger partial charge is 0.384 e. The zero-order chi connectivity index (χ0) is 12.6. The topological polar surface area (TPSA) is 62.5 Å². The van der Waals surface area contributed by atoms with Crippen LogP contribution in [0.5, 0.6) is 0 Å². The van der Waals surface area contributed by atoms with Gasteiger partial charge in [-0.2, -0.15) is 0 Å². The number of nitrogens with zero attached hydrogens (tertiary/aromatic N) is 3. The Hall–Kier alpha value is -1.78. The number of amides is 1. The fourth-order valence-corrected chi connectivity index (χ4v) is 2.22. The molecule has 17 heavy (non-hydrogen) atoms. The third-order valence-electron chi connectivity index (χ3n) is 3.29. The van der Waals surface area contributed by atoms with Gasteiger partial charge in [-0.3, -0.25) is 4.79 Å². The zero-order valence-electron chi connectivity index (χ0n) is 10.5. The van der Waals surface area contributed by atoms with Crippen LogP contribution in [0.25, 0.3) is 0 Å². The summed E-state index contributed by atoms with van der Waals surface area (Å²) in [6, 6.07) is 3.66. The second-order valence-electron chi connectivity index (χ2n) is 4.88. The van der Waals surface area contributed by atoms with Gasteiger partial charge in [0.15, 0.2) is 0 Å². The zero-order valence-corrected chi connectivity index (χ0v) is 10.5. The average molecular weight is 234 g/mol. The van der Waals surface area contributed by atoms with Crippen molar-refractivity contribution in [2.24, 2.45) is 0 Å². The molecule has 0 spiro atoms. The van der Waals surface area contributed by atoms with Gasteiger partial charge >= 0.3 is 0 Å². The summed E-state index contributed by atoms with van der Waals surface area (Å²) in [6.07, 6.45) is 1.72. The summed E-state index contributed by atoms with van der Waals surface area (Å²) < 4.78 is 0. The standard InChI is InChI=1S/C12H18N4O/c1-12(2)11(17)15(3)6-7-16(12)9-4-5-10(13)14-8-9/h4-5,8H,6-7H2,1-3H3,(H2,13,14). The molecule has 1 aromatic rings. The highest BCUT2D eigenvalue weighted by molar-refractivity contribution is 5.90. The quantitative estimate of drug-likeness (QED) is 0.777. The van der Waals surface area contributed by atoms with E-state index in [2.05, 4.69) is 9.88 Å². The van der Waals surface area contributed by atoms with E-state index >= 15 is 0 Å². The Morgan fingerprint density at radius 2 is 2.06 bits per heavy atom. The number of nitrogens with two attached hydrogens (primary N) is 1. The third-order valence-corrected chi connectivity index (χ3v) is 3.29. The van der Waals surface area contributed by atoms with Gasteiger partial charge in [-0.15, -0.1) is 0 Å². The Balaban J connectivity index is 2.32. The number of rotatable bonds is 1. The minimum absolute atomic E-state index is 0.126. The first kappa shape index (κ1) is 11.7. The normalized spacial score (nSPS) is 19.6. The van der Waals surface area contributed by atoms with Crippen LogP contribution < -0.4 is 10.6 Å². The number of carbonyl (C=O) groups is 1. The number of carbonyl (C=O) groups excluding carboxylic acids is 1. The molecule has 1 saturated heterocycles. The van der Waals surface area contributed by atoms with Gasteiger partial charge in [-0.25, -0.2) is 4.98 Å². The van der Waals surface area contributed by atoms with Crippen molar-refractivity contribution in [3.8, 4) is 0 Å². The van der Waals surface area contributed by atoms with Gasteiger partial charge < -0.3 is 15.5 Å². The minimum Gasteiger partial charge on any atom is -0.384 e. The van der Waals surface area contributed by atoms with E-state index in [-0.39, 0.29) is 5.91 Å². The maximum Gasteiger partial charge on any atom is 0.247 e. The van der Waals surface area contributed by atoms with Crippen molar-refractivity contribution in [3.63, 3.8) is 0 Å². The van der Waals surface area contributed by atoms with Crippen molar-refractivity contribution >= 4 is 17.4 Å². The summed E-state index contributed by atoms with van der Waals surface area (Å²) in [6.45, 7) is 5.40. The summed E-state index contributed by atoms with van der Waals surface area (Å²) in [5, 5.41) is 0. The third kappa shape index (κ3) is 1.92. The van der Waals surface area contributed by atoms with Crippen LogP contribution in [0.2, 0.25) is 0 Å². The fourth-order valence-electron chi connectivity index (χ4n) is 2.22. The lowest BCUT2D eigenvalue weighted by molar-refractivity contribution is -0.136. The van der Waals surface area contributed by atoms with Crippen molar-refractivity contribution in [3.05, 3.63) is 18.3 Å². The van der Waals surface area contributed by atoms with Crippen LogP contribution in [0.15, 0.2) is 18.3 Å². The number of nitrogen functional groups attached to an aromatic ring is 1. The molecule has 2 heterocycles. The monoisotopic (exact) mass is 234 g/mol. The summed E-state index contributed by atoms with van der Waals surface area (Å²) >= 11 is 0. The molecule has 1 aliphatic rings. The number of anilines is 2. The van der Waals surface area contributed by atoms with Crippen LogP contribution in [0.1, 0.15) is 13.8 Å². The maximum absolute atomic E-state index is 12.1. The van der Waals surface area contributed by atoms with Crippen molar-refractivity contribution in [1.82, 2.24) is 9.88 Å². The second kappa shape index (κ2) is 3.91. The number of hydrogen-bond donors (Lipinski definition) is 1. The van der Waals surface area contributed by atoms with E-state index in [4.69, 9.17) is 5.73 Å². The molecule has 2 N–H and O–H groups in total. The van der Waals surface area contributed by atoms with Crippen molar-refractivity contribution in [2.45, 2.75) is 19.4 Å². The van der Waals surface area contributed by atoms with Crippen molar-refractivity contribution < 1.29 is 4.79 Å². The van der Waals surface area contributed by atoms with E-state index in [1.807, 2.05) is 27.0 Å². The van der Waals surface area contributed by atoms with E-state index in [1.165, 1.54) is 0 Å². The van der Waals surface area contributed by atoms with E-state index in [0.29, 0.717) is 5.82 Å². The van der Waals surface area contributed by atoms with Gasteiger partial charge in [0, 0.05) is 20.1 Å². The molecule has 0 aromatic carbocycles. The fraction of sp³-hybridized carbons (Fsp3) is 0.500. The first-order chi connectivity index (χ1) is 7.93. The highest BCUT2D eigenvalue weighted by Gasteiger charge is 2.40. The van der Waals surface area contributed by atoms with Gasteiger partial charge in [-0.05, 0) is 26.0 Å². The number of aromatic nitrogens is 1. The van der Waals surface area contributed by atoms with Crippen molar-refractivity contribution in [1.29, 1.82) is 0 Å². The van der Waals surface area contributed by atoms with Gasteiger partial charge in [0.1, 0.15) is 11.4 Å². The summed E-state index contributed by atoms with van der Waals surface area (Å²) in [5.74, 6) is 0.618. The number of likely N-dealkylation sites (N-methyl/N-ethyl adjacent to an activating group) is 1. The van der Waals surface area contributed by atoms with Crippen LogP contribution >= 0.6 is 0 Å². The highest BCUT2D eigenvalue weighted by Crippen LogP contribution is 2.28. The highest BCUT2D eigenvalue weighted by atomic mass is 16.2. The summed E-state index contributed by atoms with van der Waals surface area (Å²) in [5.41, 5.74) is 5.97. The molecule has 0 saturated carbocycles. The Bertz CT molecular complexity index is 427. The lowest BCUT2D eigenvalue weighted by atomic mass is 9.97. The summed E-state index contributed by atoms with van der Waals surface area (Å²) in [4.78, 5) is 20.0. The van der Waals surface area contributed by atoms with E-state index in [1.54, 1.807) is 17.2 Å². The molecule has 1 amide bonds. The molecule has 92 valence electrons. The van der Waals surface area contributed by atoms with E-state index in [0.717, 1.165) is 18.8 Å². The Labute approximate surface area is 101 Å². The molecule has 0 radical (unpaired) electrons. The SMILES string of the molecule is CN1CCN(c2ccc(N)nc2)C(C)(C)C1=O. The molecule has 0 aliphatic carbocycles. The molecule has 1 aromatic heterocycles. The Kier molecular flexibility index (Phi) is 2.69. The van der Waals surface area contributed by atoms with Gasteiger partial charge in [-0.1, -0.05) is 0 Å². The van der Waals surface area contributed by atoms with E-state index in [9.17, 15) is 4.79 Å². The maximum atomic E-state index is 12.1. The number of piperazine rings is 1. The summed E-state index contributed by atoms with van der Waals surface area (Å²) in [7, 11) is 1.84. The number of hydrogen-bond acceptors (Lipinski definition) is 4. The average Bonchev–Trinajstić information content (AvgIpc) is 2.28. The van der Waals surface area contributed by atoms with Crippen LogP contribution in [0.4, 0.5) is 11.5 Å². The Morgan fingerprint density at radius 1 is 1.35 bits per heavy atom. The molecule has 5 nitrogen and oxygen atoms in total. The van der Waals surface area contributed by atoms with Crippen LogP contribution in [-0.4, -0.2) is 41.5 Å². The molecular weight excluding hydrogens is 216 g/mol. The van der Waals surface area contributed by atoms with Crippen LogP contribution in [0.3, 0.4) is 0 Å². The lowest BCUT2D eigenvalue weighted by Gasteiger charge is -2.46. The van der Waals surface area contributed by atoms with Gasteiger partial charge in [0.2, 0.25) is 5.91 Å². The Morgan fingerprint density at radius 3 is 2.65 bits per heavy atom. The second-order valence-corrected chi connectivity index (χ2v) is 4.88. The minimum atomic E-state index is -0.537. The van der Waals surface area contributed by atoms with Gasteiger partial charge in [0.05, 0.1) is 11.9 Å². The smallest absolute Gasteiger partial charge is 0.247 e. The molecule has 1 aliphatic heterocycles. The molecule has 0 atom stereocenters. The van der Waals surface area contributed by atoms with Crippen LogP contribution in [0, 0.1) is 0 Å². The molecule has 5 heteroatoms. The van der Waals surface area contributed by atoms with Gasteiger partial charge in [0.25, 0.3) is 0 Å². The first-order valence-electron chi connectivity index (χ1n) is 5.67. The van der Waals surface area contributed by atoms with E-state index < -0.39 is 5.54 Å². The predicted octanol–water partition coefficient (Wildman–Crippen LogP) is 0.721. The molecular formula is C12H18N4O. The first-order valence-corrected chi connectivity index (χ1v) is 5.67. The lowest BCUT2D eigenvalue weighted by Crippen LogP contribution is -2.62. The molecule has 0 bridgehead atoms. The molecule has 2 rings (SSSR count). The number of pyridine rings is 1. The molecule has 1 fully saturated rings. The van der Waals surface area contributed by atoms with Crippen LogP contribution in [-0.2, 0) is 4.79 Å². The predicted molar refractivity (Wildman–Crippen MR) is 67.7 cm³/mol. The molecule has 0 unspecified atom stereocenters. The van der Waals surface area contributed by atoms with Crippen molar-refractivity contribution in [2.75, 3.05) is 30.8 Å².